The molecule has 8 nitrogen and oxygen atoms in total. The van der Waals surface area contributed by atoms with Crippen molar-refractivity contribution in [2.24, 2.45) is 5.92 Å². The summed E-state index contributed by atoms with van der Waals surface area (Å²) in [6.45, 7) is 5.94. The van der Waals surface area contributed by atoms with Gasteiger partial charge in [-0.25, -0.2) is 9.59 Å². The summed E-state index contributed by atoms with van der Waals surface area (Å²) in [7, 11) is 1.23. The Morgan fingerprint density at radius 1 is 0.812 bits per heavy atom. The molecule has 264 valence electrons. The van der Waals surface area contributed by atoms with Crippen molar-refractivity contribution in [3.63, 3.8) is 0 Å². The van der Waals surface area contributed by atoms with Gasteiger partial charge in [0.1, 0.15) is 11.8 Å². The molecule has 2 aromatic carbocycles. The zero-order valence-corrected chi connectivity index (χ0v) is 29.5. The van der Waals surface area contributed by atoms with E-state index in [1.54, 1.807) is 13.0 Å². The van der Waals surface area contributed by atoms with Crippen molar-refractivity contribution < 1.29 is 34.1 Å². The molecule has 0 aromatic heterocycles. The number of nitrogens with one attached hydrogen (secondary N) is 1. The lowest BCUT2D eigenvalue weighted by Crippen LogP contribution is -2.54. The van der Waals surface area contributed by atoms with E-state index in [0.717, 1.165) is 60.8 Å². The number of aliphatic hydroxyl groups is 1. The predicted octanol–water partition coefficient (Wildman–Crippen LogP) is 7.92. The Hall–Kier alpha value is -3.78. The molecule has 0 aliphatic carbocycles. The van der Waals surface area contributed by atoms with E-state index in [-0.39, 0.29) is 12.8 Å². The number of aryl methyl sites for hydroxylation is 1. The van der Waals surface area contributed by atoms with Gasteiger partial charge in [-0.15, -0.1) is 0 Å². The average Bonchev–Trinajstić information content (AvgIpc) is 3.07. The lowest BCUT2D eigenvalue weighted by molar-refractivity contribution is -0.167. The Balaban J connectivity index is 2.02. The summed E-state index contributed by atoms with van der Waals surface area (Å²) in [5.41, 5.74) is 1.67. The molecule has 0 fully saturated rings. The SMILES string of the molecule is CCCCCCCC(=O)CCCCCCC=C[C@H](C(=O)N[C@@H](Cc1ccc(-c2ccc(C)cc2)cc1)C(=O)OC)[C@@](O)(CCC)C(=O)O. The van der Waals surface area contributed by atoms with E-state index in [1.807, 2.05) is 55.5 Å². The van der Waals surface area contributed by atoms with Crippen molar-refractivity contribution in [2.45, 2.75) is 129 Å². The highest BCUT2D eigenvalue weighted by molar-refractivity contribution is 5.92. The molecule has 1 amide bonds. The third kappa shape index (κ3) is 13.8. The van der Waals surface area contributed by atoms with Crippen LogP contribution in [0.2, 0.25) is 0 Å². The molecule has 8 heteroatoms. The molecule has 0 unspecified atom stereocenters. The van der Waals surface area contributed by atoms with E-state index in [0.29, 0.717) is 31.5 Å². The Kier molecular flexibility index (Phi) is 18.5. The maximum Gasteiger partial charge on any atom is 0.336 e. The van der Waals surface area contributed by atoms with Gasteiger partial charge in [0.25, 0.3) is 0 Å². The summed E-state index contributed by atoms with van der Waals surface area (Å²) in [4.78, 5) is 50.8. The van der Waals surface area contributed by atoms with Gasteiger partial charge in [0.2, 0.25) is 5.91 Å². The number of carboxylic acid groups (broad SMARTS) is 1. The topological polar surface area (TPSA) is 130 Å². The van der Waals surface area contributed by atoms with Gasteiger partial charge in [-0.05, 0) is 55.7 Å². The van der Waals surface area contributed by atoms with Crippen LogP contribution < -0.4 is 5.32 Å². The number of methoxy groups -OCH3 is 1. The first-order valence-electron chi connectivity index (χ1n) is 17.7. The smallest absolute Gasteiger partial charge is 0.336 e. The number of carbonyl (C=O) groups is 4. The number of Topliss-reactive ketones (excluding diaryl/α,β-unsaturated/α-hetero) is 1. The third-order valence-electron chi connectivity index (χ3n) is 8.84. The summed E-state index contributed by atoms with van der Waals surface area (Å²) in [6.07, 6.45) is 14.5. The molecule has 2 rings (SSSR count). The van der Waals surface area contributed by atoms with Gasteiger partial charge in [-0.2, -0.15) is 0 Å². The van der Waals surface area contributed by atoms with E-state index in [4.69, 9.17) is 4.74 Å². The average molecular weight is 664 g/mol. The Morgan fingerprint density at radius 3 is 1.92 bits per heavy atom. The molecule has 0 aliphatic heterocycles. The summed E-state index contributed by atoms with van der Waals surface area (Å²) in [6, 6.07) is 14.7. The van der Waals surface area contributed by atoms with Crippen LogP contribution in [0.1, 0.15) is 115 Å². The normalized spacial score (nSPS) is 13.9. The predicted molar refractivity (Wildman–Crippen MR) is 190 cm³/mol. The molecule has 3 N–H and O–H groups in total. The third-order valence-corrected chi connectivity index (χ3v) is 8.84. The van der Waals surface area contributed by atoms with Crippen LogP contribution >= 0.6 is 0 Å². The highest BCUT2D eigenvalue weighted by Crippen LogP contribution is 2.27. The van der Waals surface area contributed by atoms with Gasteiger partial charge < -0.3 is 20.3 Å². The zero-order valence-electron chi connectivity index (χ0n) is 29.5. The highest BCUT2D eigenvalue weighted by Gasteiger charge is 2.46. The first kappa shape index (κ1) is 40.4. The lowest BCUT2D eigenvalue weighted by Gasteiger charge is -2.30. The molecule has 0 saturated heterocycles. The monoisotopic (exact) mass is 663 g/mol. The summed E-state index contributed by atoms with van der Waals surface area (Å²) in [5.74, 6) is -4.01. The molecule has 48 heavy (non-hydrogen) atoms. The molecule has 2 aromatic rings. The van der Waals surface area contributed by atoms with Crippen LogP contribution in [0.15, 0.2) is 60.7 Å². The number of hydrogen-bond donors (Lipinski definition) is 3. The minimum atomic E-state index is -2.34. The Morgan fingerprint density at radius 2 is 1.38 bits per heavy atom. The minimum Gasteiger partial charge on any atom is -0.479 e. The number of allylic oxidation sites excluding steroid dienone is 1. The van der Waals surface area contributed by atoms with E-state index in [9.17, 15) is 29.4 Å². The molecule has 0 spiro atoms. The number of esters is 1. The van der Waals surface area contributed by atoms with Crippen LogP contribution in [-0.4, -0.2) is 52.6 Å². The van der Waals surface area contributed by atoms with Crippen LogP contribution in [-0.2, 0) is 30.3 Å². The fourth-order valence-electron chi connectivity index (χ4n) is 5.87. The van der Waals surface area contributed by atoms with Gasteiger partial charge in [-0.3, -0.25) is 9.59 Å². The first-order valence-corrected chi connectivity index (χ1v) is 17.7. The van der Waals surface area contributed by atoms with E-state index in [1.165, 1.54) is 32.4 Å². The number of carbonyl (C=O) groups excluding carboxylic acids is 3. The van der Waals surface area contributed by atoms with Crippen LogP contribution in [0, 0.1) is 12.8 Å². The number of ketones is 1. The molecule has 0 aliphatic rings. The second-order valence-corrected chi connectivity index (χ2v) is 12.9. The molecule has 0 radical (unpaired) electrons. The van der Waals surface area contributed by atoms with Gasteiger partial charge >= 0.3 is 11.9 Å². The van der Waals surface area contributed by atoms with Crippen molar-refractivity contribution >= 4 is 23.6 Å². The second kappa shape index (κ2) is 22.0. The van der Waals surface area contributed by atoms with Crippen LogP contribution in [0.5, 0.6) is 0 Å². The maximum absolute atomic E-state index is 13.6. The molecular formula is C40H57NO7. The summed E-state index contributed by atoms with van der Waals surface area (Å²) >= 11 is 0. The molecular weight excluding hydrogens is 606 g/mol. The molecule has 3 atom stereocenters. The maximum atomic E-state index is 13.6. The standard InChI is InChI=1S/C40H57NO7/c1-5-7-8-11-14-17-34(42)18-15-12-9-10-13-16-19-35(40(47,28-6-2)39(45)46)37(43)41-36(38(44)48-4)29-31-22-26-33(27-23-31)32-24-20-30(3)21-25-32/h16,19-27,35-36,47H,5-15,17-18,28-29H2,1-4H3,(H,41,43)(H,45,46)/t35-,36+,40+/m1/s1. The zero-order chi connectivity index (χ0) is 35.4. The van der Waals surface area contributed by atoms with Gasteiger partial charge in [0, 0.05) is 19.3 Å². The quantitative estimate of drug-likeness (QED) is 0.0591. The number of rotatable bonds is 24. The number of unbranched alkanes of at least 4 members (excludes halogenated alkanes) is 8. The van der Waals surface area contributed by atoms with Crippen molar-refractivity contribution in [3.05, 3.63) is 71.8 Å². The summed E-state index contributed by atoms with van der Waals surface area (Å²) < 4.78 is 4.97. The lowest BCUT2D eigenvalue weighted by atomic mass is 9.82. The number of amides is 1. The van der Waals surface area contributed by atoms with E-state index < -0.39 is 35.4 Å². The van der Waals surface area contributed by atoms with E-state index >= 15 is 0 Å². The van der Waals surface area contributed by atoms with Gasteiger partial charge in [-0.1, -0.05) is 125 Å². The Bertz CT molecular complexity index is 1300. The fraction of sp³-hybridized carbons (Fsp3) is 0.550. The Labute approximate surface area is 287 Å². The summed E-state index contributed by atoms with van der Waals surface area (Å²) in [5, 5.41) is 23.9. The fourth-order valence-corrected chi connectivity index (χ4v) is 5.87. The first-order chi connectivity index (χ1) is 23.0. The molecule has 0 saturated carbocycles. The van der Waals surface area contributed by atoms with Crippen LogP contribution in [0.25, 0.3) is 11.1 Å². The van der Waals surface area contributed by atoms with Crippen LogP contribution in [0.4, 0.5) is 0 Å². The largest absolute Gasteiger partial charge is 0.479 e. The van der Waals surface area contributed by atoms with Crippen molar-refractivity contribution in [3.8, 4) is 11.1 Å². The van der Waals surface area contributed by atoms with Gasteiger partial charge in [0.15, 0.2) is 5.60 Å². The van der Waals surface area contributed by atoms with Gasteiger partial charge in [0.05, 0.1) is 13.0 Å². The van der Waals surface area contributed by atoms with Crippen LogP contribution in [0.3, 0.4) is 0 Å². The van der Waals surface area contributed by atoms with Crippen molar-refractivity contribution in [2.75, 3.05) is 7.11 Å². The van der Waals surface area contributed by atoms with Crippen molar-refractivity contribution in [1.29, 1.82) is 0 Å². The highest BCUT2D eigenvalue weighted by atomic mass is 16.5. The number of hydrogen-bond acceptors (Lipinski definition) is 6. The molecule has 0 heterocycles. The second-order valence-electron chi connectivity index (χ2n) is 12.9. The van der Waals surface area contributed by atoms with E-state index in [2.05, 4.69) is 12.2 Å². The number of ether oxygens (including phenoxy) is 1. The minimum absolute atomic E-state index is 0.129. The number of carboxylic acids is 1. The number of benzene rings is 2. The number of aliphatic carboxylic acids is 1. The van der Waals surface area contributed by atoms with Crippen molar-refractivity contribution in [1.82, 2.24) is 5.32 Å². The molecule has 0 bridgehead atoms.